The fourth-order valence-corrected chi connectivity index (χ4v) is 3.77. The minimum absolute atomic E-state index is 0.0953. The molecule has 1 atom stereocenters. The number of amides is 1. The van der Waals surface area contributed by atoms with E-state index < -0.39 is 17.7 Å². The third-order valence-corrected chi connectivity index (χ3v) is 5.47. The Hall–Kier alpha value is -3.12. The molecule has 1 saturated heterocycles. The first-order chi connectivity index (χ1) is 15.4. The van der Waals surface area contributed by atoms with Crippen LogP contribution in [0.1, 0.15) is 43.9 Å². The Labute approximate surface area is 189 Å². The van der Waals surface area contributed by atoms with Gasteiger partial charge in [0.15, 0.2) is 0 Å². The van der Waals surface area contributed by atoms with Crippen molar-refractivity contribution in [3.8, 4) is 5.75 Å². The Balaban J connectivity index is 2.02. The van der Waals surface area contributed by atoms with E-state index in [9.17, 15) is 14.7 Å². The maximum atomic E-state index is 13.0. The van der Waals surface area contributed by atoms with Crippen molar-refractivity contribution in [3.63, 3.8) is 0 Å². The minimum Gasteiger partial charge on any atom is -0.507 e. The Morgan fingerprint density at radius 2 is 1.81 bits per heavy atom. The van der Waals surface area contributed by atoms with Crippen LogP contribution in [0.25, 0.3) is 5.76 Å². The molecule has 1 fully saturated rings. The fraction of sp³-hybridized carbons (Fsp3) is 0.385. The smallest absolute Gasteiger partial charge is 0.295 e. The zero-order valence-corrected chi connectivity index (χ0v) is 18.9. The summed E-state index contributed by atoms with van der Waals surface area (Å²) in [6.45, 7) is 5.66. The molecule has 6 heteroatoms. The third-order valence-electron chi connectivity index (χ3n) is 5.47. The van der Waals surface area contributed by atoms with E-state index in [1.54, 1.807) is 31.4 Å². The summed E-state index contributed by atoms with van der Waals surface area (Å²) in [7, 11) is 1.60. The van der Waals surface area contributed by atoms with Gasteiger partial charge in [0.05, 0.1) is 18.2 Å². The molecule has 2 aromatic rings. The van der Waals surface area contributed by atoms with E-state index in [2.05, 4.69) is 13.8 Å². The Morgan fingerprint density at radius 1 is 1.06 bits per heavy atom. The van der Waals surface area contributed by atoms with Crippen molar-refractivity contribution in [1.29, 1.82) is 0 Å². The normalized spacial score (nSPS) is 17.9. The molecule has 3 rings (SSSR count). The topological polar surface area (TPSA) is 76.1 Å². The molecule has 1 aliphatic rings. The summed E-state index contributed by atoms with van der Waals surface area (Å²) in [6, 6.07) is 15.5. The highest BCUT2D eigenvalue weighted by atomic mass is 16.5. The van der Waals surface area contributed by atoms with Crippen LogP contribution in [0.2, 0.25) is 0 Å². The van der Waals surface area contributed by atoms with Crippen LogP contribution in [0, 0.1) is 5.92 Å². The van der Waals surface area contributed by atoms with Gasteiger partial charge in [0.2, 0.25) is 0 Å². The molecule has 32 heavy (non-hydrogen) atoms. The largest absolute Gasteiger partial charge is 0.507 e. The zero-order valence-electron chi connectivity index (χ0n) is 18.9. The summed E-state index contributed by atoms with van der Waals surface area (Å²) in [5.74, 6) is -0.272. The Morgan fingerprint density at radius 3 is 2.50 bits per heavy atom. The highest BCUT2D eigenvalue weighted by molar-refractivity contribution is 6.46. The van der Waals surface area contributed by atoms with Crippen LogP contribution in [0.3, 0.4) is 0 Å². The van der Waals surface area contributed by atoms with Crippen molar-refractivity contribution in [3.05, 3.63) is 71.3 Å². The van der Waals surface area contributed by atoms with Crippen molar-refractivity contribution >= 4 is 17.4 Å². The maximum Gasteiger partial charge on any atom is 0.295 e. The van der Waals surface area contributed by atoms with E-state index in [0.717, 1.165) is 12.0 Å². The monoisotopic (exact) mass is 437 g/mol. The molecule has 6 nitrogen and oxygen atoms in total. The van der Waals surface area contributed by atoms with Gasteiger partial charge in [-0.2, -0.15) is 0 Å². The lowest BCUT2D eigenvalue weighted by atomic mass is 9.95. The molecule has 2 aromatic carbocycles. The average molecular weight is 438 g/mol. The van der Waals surface area contributed by atoms with Gasteiger partial charge in [0.25, 0.3) is 11.7 Å². The number of likely N-dealkylation sites (tertiary alicyclic amines) is 1. The van der Waals surface area contributed by atoms with E-state index >= 15 is 0 Å². The number of ketones is 1. The number of Topliss-reactive ketones (excluding diaryl/α,β-unsaturated/α-hetero) is 1. The summed E-state index contributed by atoms with van der Waals surface area (Å²) < 4.78 is 11.0. The number of methoxy groups -OCH3 is 1. The molecule has 170 valence electrons. The molecule has 1 N–H and O–H groups in total. The summed E-state index contributed by atoms with van der Waals surface area (Å²) in [6.07, 6.45) is 1.50. The predicted octanol–water partition coefficient (Wildman–Crippen LogP) is 4.57. The van der Waals surface area contributed by atoms with Crippen LogP contribution < -0.4 is 4.74 Å². The maximum absolute atomic E-state index is 13.0. The number of hydrogen-bond acceptors (Lipinski definition) is 5. The number of nitrogens with zero attached hydrogens (tertiary/aromatic N) is 1. The number of carbonyl (C=O) groups is 2. The molecule has 0 aromatic heterocycles. The molecular weight excluding hydrogens is 406 g/mol. The third kappa shape index (κ3) is 5.37. The average Bonchev–Trinajstić information content (AvgIpc) is 3.04. The number of ether oxygens (including phenoxy) is 2. The number of rotatable bonds is 10. The standard InChI is InChI=1S/C26H31NO5/c1-18(2)13-16-32-21-12-7-11-20(17-21)23-22(24(28)19-9-5-4-6-10-19)25(29)26(30)27(23)14-8-15-31-3/h4-7,9-12,17-18,23,28H,8,13-16H2,1-3H3. The lowest BCUT2D eigenvalue weighted by Gasteiger charge is -2.25. The summed E-state index contributed by atoms with van der Waals surface area (Å²) >= 11 is 0. The fourth-order valence-electron chi connectivity index (χ4n) is 3.77. The quantitative estimate of drug-likeness (QED) is 0.255. The van der Waals surface area contributed by atoms with Crippen LogP contribution in [-0.2, 0) is 14.3 Å². The molecule has 1 aliphatic heterocycles. The second-order valence-electron chi connectivity index (χ2n) is 8.31. The number of carbonyl (C=O) groups excluding carboxylic acids is 2. The molecular formula is C26H31NO5. The zero-order chi connectivity index (χ0) is 23.1. The van der Waals surface area contributed by atoms with Crippen LogP contribution >= 0.6 is 0 Å². The SMILES string of the molecule is COCCCN1C(=O)C(=O)C(=C(O)c2ccccc2)C1c1cccc(OCCC(C)C)c1. The van der Waals surface area contributed by atoms with Crippen LogP contribution in [0.5, 0.6) is 5.75 Å². The van der Waals surface area contributed by atoms with E-state index in [-0.39, 0.29) is 11.3 Å². The number of benzene rings is 2. The molecule has 0 radical (unpaired) electrons. The van der Waals surface area contributed by atoms with Crippen molar-refractivity contribution in [1.82, 2.24) is 4.90 Å². The van der Waals surface area contributed by atoms with Gasteiger partial charge in [-0.3, -0.25) is 9.59 Å². The second-order valence-corrected chi connectivity index (χ2v) is 8.31. The van der Waals surface area contributed by atoms with Gasteiger partial charge in [-0.1, -0.05) is 56.3 Å². The number of aliphatic hydroxyl groups is 1. The van der Waals surface area contributed by atoms with Crippen LogP contribution in [-0.4, -0.2) is 48.6 Å². The van der Waals surface area contributed by atoms with Crippen molar-refractivity contribution in [2.24, 2.45) is 5.92 Å². The van der Waals surface area contributed by atoms with E-state index in [1.165, 1.54) is 4.90 Å². The van der Waals surface area contributed by atoms with Crippen LogP contribution in [0.4, 0.5) is 0 Å². The van der Waals surface area contributed by atoms with Gasteiger partial charge in [-0.15, -0.1) is 0 Å². The molecule has 0 saturated carbocycles. The Kier molecular flexibility index (Phi) is 8.06. The highest BCUT2D eigenvalue weighted by Gasteiger charge is 2.45. The lowest BCUT2D eigenvalue weighted by Crippen LogP contribution is -2.31. The molecule has 1 unspecified atom stereocenters. The number of aliphatic hydroxyl groups excluding tert-OH is 1. The summed E-state index contributed by atoms with van der Waals surface area (Å²) in [5, 5.41) is 11.0. The molecule has 0 aliphatic carbocycles. The molecule has 1 amide bonds. The van der Waals surface area contributed by atoms with Crippen molar-refractivity contribution in [2.45, 2.75) is 32.7 Å². The van der Waals surface area contributed by atoms with Gasteiger partial charge < -0.3 is 19.5 Å². The van der Waals surface area contributed by atoms with E-state index in [4.69, 9.17) is 9.47 Å². The van der Waals surface area contributed by atoms with Gasteiger partial charge in [0, 0.05) is 25.8 Å². The van der Waals surface area contributed by atoms with Crippen molar-refractivity contribution < 1.29 is 24.2 Å². The second kappa shape index (κ2) is 11.0. The Bertz CT molecular complexity index is 967. The summed E-state index contributed by atoms with van der Waals surface area (Å²) in [5.41, 5.74) is 1.32. The van der Waals surface area contributed by atoms with Crippen LogP contribution in [0.15, 0.2) is 60.2 Å². The predicted molar refractivity (Wildman–Crippen MR) is 123 cm³/mol. The first-order valence-corrected chi connectivity index (χ1v) is 11.0. The van der Waals surface area contributed by atoms with E-state index in [0.29, 0.717) is 43.4 Å². The van der Waals surface area contributed by atoms with Gasteiger partial charge >= 0.3 is 0 Å². The summed E-state index contributed by atoms with van der Waals surface area (Å²) in [4.78, 5) is 27.4. The van der Waals surface area contributed by atoms with Gasteiger partial charge in [-0.05, 0) is 36.5 Å². The first-order valence-electron chi connectivity index (χ1n) is 11.0. The van der Waals surface area contributed by atoms with Gasteiger partial charge in [0.1, 0.15) is 11.5 Å². The first kappa shape index (κ1) is 23.5. The lowest BCUT2D eigenvalue weighted by molar-refractivity contribution is -0.140. The van der Waals surface area contributed by atoms with Crippen molar-refractivity contribution in [2.75, 3.05) is 26.9 Å². The van der Waals surface area contributed by atoms with E-state index in [1.807, 2.05) is 30.3 Å². The molecule has 0 spiro atoms. The molecule has 1 heterocycles. The van der Waals surface area contributed by atoms with Gasteiger partial charge in [-0.25, -0.2) is 0 Å². The highest BCUT2D eigenvalue weighted by Crippen LogP contribution is 2.40. The molecule has 0 bridgehead atoms. The minimum atomic E-state index is -0.694. The number of hydrogen-bond donors (Lipinski definition) is 1.